The molecule has 16 heavy (non-hydrogen) atoms. The normalized spacial score (nSPS) is 23.2. The van der Waals surface area contributed by atoms with Gasteiger partial charge in [-0.25, -0.2) is 4.98 Å². The first-order valence-corrected chi connectivity index (χ1v) is 8.08. The molecule has 0 amide bonds. The summed E-state index contributed by atoms with van der Waals surface area (Å²) >= 11 is 7.16. The van der Waals surface area contributed by atoms with Crippen molar-refractivity contribution in [2.45, 2.75) is 18.6 Å². The van der Waals surface area contributed by atoms with Crippen LogP contribution in [0.4, 0.5) is 0 Å². The first-order valence-electron chi connectivity index (χ1n) is 5.40. The maximum absolute atomic E-state index is 11.9. The fourth-order valence-corrected chi connectivity index (χ4v) is 4.62. The van der Waals surface area contributed by atoms with Crippen LogP contribution in [0, 0.1) is 5.92 Å². The molecule has 0 radical (unpaired) electrons. The van der Waals surface area contributed by atoms with Crippen LogP contribution in [0.3, 0.4) is 0 Å². The highest BCUT2D eigenvalue weighted by Crippen LogP contribution is 2.20. The SMILES string of the molecule is O=[S@](Cc1cnc(Cl)s1)C[C@H]1CCCNC1. The molecule has 1 saturated heterocycles. The second kappa shape index (κ2) is 6.10. The molecule has 1 aliphatic rings. The van der Waals surface area contributed by atoms with Gasteiger partial charge in [0.25, 0.3) is 0 Å². The van der Waals surface area contributed by atoms with Gasteiger partial charge < -0.3 is 5.32 Å². The monoisotopic (exact) mass is 278 g/mol. The third-order valence-electron chi connectivity index (χ3n) is 2.65. The zero-order valence-corrected chi connectivity index (χ0v) is 11.3. The fourth-order valence-electron chi connectivity index (χ4n) is 1.90. The van der Waals surface area contributed by atoms with E-state index in [1.165, 1.54) is 24.2 Å². The lowest BCUT2D eigenvalue weighted by atomic mass is 10.0. The highest BCUT2D eigenvalue weighted by Gasteiger charge is 2.16. The third-order valence-corrected chi connectivity index (χ3v) is 5.42. The smallest absolute Gasteiger partial charge is 0.183 e. The molecule has 1 fully saturated rings. The lowest BCUT2D eigenvalue weighted by Gasteiger charge is -2.21. The molecule has 6 heteroatoms. The largest absolute Gasteiger partial charge is 0.316 e. The van der Waals surface area contributed by atoms with Gasteiger partial charge in [0, 0.05) is 27.6 Å². The summed E-state index contributed by atoms with van der Waals surface area (Å²) < 4.78 is 12.4. The lowest BCUT2D eigenvalue weighted by Crippen LogP contribution is -2.32. The maximum atomic E-state index is 11.9. The van der Waals surface area contributed by atoms with Crippen LogP contribution in [0.25, 0.3) is 0 Å². The molecule has 2 rings (SSSR count). The van der Waals surface area contributed by atoms with E-state index in [9.17, 15) is 4.21 Å². The Balaban J connectivity index is 1.79. The van der Waals surface area contributed by atoms with Crippen molar-refractivity contribution in [3.05, 3.63) is 15.5 Å². The van der Waals surface area contributed by atoms with Gasteiger partial charge >= 0.3 is 0 Å². The van der Waals surface area contributed by atoms with E-state index in [1.807, 2.05) is 0 Å². The van der Waals surface area contributed by atoms with Crippen molar-refractivity contribution >= 4 is 33.7 Å². The van der Waals surface area contributed by atoms with Crippen molar-refractivity contribution in [2.75, 3.05) is 18.8 Å². The van der Waals surface area contributed by atoms with Gasteiger partial charge in [-0.05, 0) is 31.8 Å². The predicted octanol–water partition coefficient (Wildman–Crippen LogP) is 2.04. The van der Waals surface area contributed by atoms with Gasteiger partial charge in [0.05, 0.1) is 5.75 Å². The van der Waals surface area contributed by atoms with Crippen LogP contribution in [0.15, 0.2) is 6.20 Å². The number of rotatable bonds is 4. The van der Waals surface area contributed by atoms with Crippen LogP contribution in [0.1, 0.15) is 17.7 Å². The molecule has 0 aliphatic carbocycles. The Hall–Kier alpha value is 0.0300. The van der Waals surface area contributed by atoms with Crippen LogP contribution in [-0.4, -0.2) is 28.0 Å². The summed E-state index contributed by atoms with van der Waals surface area (Å²) in [6.45, 7) is 2.11. The zero-order valence-electron chi connectivity index (χ0n) is 8.95. The molecule has 0 spiro atoms. The Kier molecular flexibility index (Phi) is 4.76. The summed E-state index contributed by atoms with van der Waals surface area (Å²) in [4.78, 5) is 4.97. The molecule has 1 aromatic heterocycles. The van der Waals surface area contributed by atoms with Crippen LogP contribution in [0.5, 0.6) is 0 Å². The second-order valence-electron chi connectivity index (χ2n) is 4.04. The van der Waals surface area contributed by atoms with Crippen LogP contribution < -0.4 is 5.32 Å². The Labute approximate surface area is 107 Å². The topological polar surface area (TPSA) is 42.0 Å². The number of nitrogens with zero attached hydrogens (tertiary/aromatic N) is 1. The Morgan fingerprint density at radius 1 is 1.69 bits per heavy atom. The van der Waals surface area contributed by atoms with E-state index >= 15 is 0 Å². The minimum absolute atomic E-state index is 0.534. The number of halogens is 1. The molecule has 0 aromatic carbocycles. The second-order valence-corrected chi connectivity index (χ2v) is 7.24. The van der Waals surface area contributed by atoms with Crippen LogP contribution >= 0.6 is 22.9 Å². The van der Waals surface area contributed by atoms with Gasteiger partial charge in [0.1, 0.15) is 0 Å². The van der Waals surface area contributed by atoms with Crippen molar-refractivity contribution in [3.8, 4) is 0 Å². The van der Waals surface area contributed by atoms with E-state index in [2.05, 4.69) is 10.3 Å². The molecule has 1 aliphatic heterocycles. The first kappa shape index (κ1) is 12.5. The molecule has 1 aromatic rings. The van der Waals surface area contributed by atoms with Crippen LogP contribution in [-0.2, 0) is 16.6 Å². The van der Waals surface area contributed by atoms with E-state index < -0.39 is 10.8 Å². The van der Waals surface area contributed by atoms with E-state index in [4.69, 9.17) is 11.6 Å². The molecule has 0 unspecified atom stereocenters. The Bertz CT molecular complexity index is 363. The van der Waals surface area contributed by atoms with E-state index in [0.717, 1.165) is 23.7 Å². The predicted molar refractivity (Wildman–Crippen MR) is 69.4 cm³/mol. The van der Waals surface area contributed by atoms with E-state index in [0.29, 0.717) is 16.1 Å². The molecular formula is C10H15ClN2OS2. The summed E-state index contributed by atoms with van der Waals surface area (Å²) in [7, 11) is -0.783. The molecule has 90 valence electrons. The number of piperidine rings is 1. The average molecular weight is 279 g/mol. The van der Waals surface area contributed by atoms with Gasteiger partial charge in [-0.1, -0.05) is 11.6 Å². The maximum Gasteiger partial charge on any atom is 0.183 e. The van der Waals surface area contributed by atoms with Gasteiger partial charge in [-0.2, -0.15) is 0 Å². The standard InChI is InChI=1S/C10H15ClN2OS2/c11-10-13-5-9(15-10)7-16(14)6-8-2-1-3-12-4-8/h5,8,12H,1-4,6-7H2/t8-,16-/m0/s1. The summed E-state index contributed by atoms with van der Waals surface area (Å²) in [6, 6.07) is 0. The van der Waals surface area contributed by atoms with Crippen molar-refractivity contribution in [1.29, 1.82) is 0 Å². The molecule has 3 nitrogen and oxygen atoms in total. The van der Waals surface area contributed by atoms with E-state index in [1.54, 1.807) is 6.20 Å². The van der Waals surface area contributed by atoms with Crippen molar-refractivity contribution in [3.63, 3.8) is 0 Å². The Morgan fingerprint density at radius 2 is 2.56 bits per heavy atom. The first-order chi connectivity index (χ1) is 7.74. The lowest BCUT2D eigenvalue weighted by molar-refractivity contribution is 0.408. The van der Waals surface area contributed by atoms with Crippen LogP contribution in [0.2, 0.25) is 4.47 Å². The summed E-state index contributed by atoms with van der Waals surface area (Å²) in [5.74, 6) is 1.96. The highest BCUT2D eigenvalue weighted by atomic mass is 35.5. The molecular weight excluding hydrogens is 264 g/mol. The molecule has 0 bridgehead atoms. The summed E-state index contributed by atoms with van der Waals surface area (Å²) in [5, 5.41) is 3.34. The van der Waals surface area contributed by atoms with Crippen molar-refractivity contribution < 1.29 is 4.21 Å². The minimum atomic E-state index is -0.783. The number of thiazole rings is 1. The molecule has 2 atom stereocenters. The van der Waals surface area contributed by atoms with Crippen molar-refractivity contribution in [1.82, 2.24) is 10.3 Å². The number of aromatic nitrogens is 1. The fraction of sp³-hybridized carbons (Fsp3) is 0.700. The molecule has 1 N–H and O–H groups in total. The summed E-state index contributed by atoms with van der Waals surface area (Å²) in [6.07, 6.45) is 4.13. The molecule has 0 saturated carbocycles. The number of hydrogen-bond donors (Lipinski definition) is 1. The third kappa shape index (κ3) is 3.80. The van der Waals surface area contributed by atoms with Gasteiger partial charge in [-0.3, -0.25) is 4.21 Å². The highest BCUT2D eigenvalue weighted by molar-refractivity contribution is 7.84. The molecule has 2 heterocycles. The van der Waals surface area contributed by atoms with Gasteiger partial charge in [-0.15, -0.1) is 11.3 Å². The summed E-state index contributed by atoms with van der Waals surface area (Å²) in [5.41, 5.74) is 0. The van der Waals surface area contributed by atoms with E-state index in [-0.39, 0.29) is 0 Å². The van der Waals surface area contributed by atoms with Gasteiger partial charge in [0.2, 0.25) is 0 Å². The number of hydrogen-bond acceptors (Lipinski definition) is 4. The Morgan fingerprint density at radius 3 is 3.19 bits per heavy atom. The van der Waals surface area contributed by atoms with Gasteiger partial charge in [0.15, 0.2) is 4.47 Å². The zero-order chi connectivity index (χ0) is 11.4. The average Bonchev–Trinajstić information content (AvgIpc) is 2.65. The quantitative estimate of drug-likeness (QED) is 0.917. The van der Waals surface area contributed by atoms with Crippen molar-refractivity contribution in [2.24, 2.45) is 5.92 Å². The number of nitrogens with one attached hydrogen (secondary N) is 1. The minimum Gasteiger partial charge on any atom is -0.316 e.